The molecule has 0 aliphatic rings. The van der Waals surface area contributed by atoms with E-state index in [-0.39, 0.29) is 18.4 Å². The van der Waals surface area contributed by atoms with Crippen LogP contribution in [0.2, 0.25) is 0 Å². The first-order chi connectivity index (χ1) is 8.13. The van der Waals surface area contributed by atoms with Gasteiger partial charge in [-0.3, -0.25) is 9.69 Å². The van der Waals surface area contributed by atoms with Gasteiger partial charge in [-0.25, -0.2) is 0 Å². The number of benzene rings is 1. The molecule has 1 aromatic rings. The topological polar surface area (TPSA) is 40.5 Å². The number of rotatable bonds is 7. The number of ketones is 1. The highest BCUT2D eigenvalue weighted by molar-refractivity contribution is 5.76. The Kier molecular flexibility index (Phi) is 5.87. The van der Waals surface area contributed by atoms with Crippen molar-refractivity contribution in [3.63, 3.8) is 0 Å². The average molecular weight is 235 g/mol. The Morgan fingerprint density at radius 3 is 2.53 bits per heavy atom. The molecule has 0 saturated heterocycles. The van der Waals surface area contributed by atoms with Crippen LogP contribution < -0.4 is 0 Å². The molecule has 0 aliphatic heterocycles. The molecule has 0 aromatic heterocycles. The first-order valence-electron chi connectivity index (χ1n) is 6.01. The second-order valence-corrected chi connectivity index (χ2v) is 4.43. The van der Waals surface area contributed by atoms with E-state index >= 15 is 0 Å². The molecule has 0 heterocycles. The van der Waals surface area contributed by atoms with E-state index in [2.05, 4.69) is 17.0 Å². The molecule has 94 valence electrons. The van der Waals surface area contributed by atoms with Gasteiger partial charge in [-0.2, -0.15) is 0 Å². The van der Waals surface area contributed by atoms with E-state index in [0.717, 1.165) is 6.54 Å². The van der Waals surface area contributed by atoms with Gasteiger partial charge < -0.3 is 5.11 Å². The van der Waals surface area contributed by atoms with Gasteiger partial charge in [0.25, 0.3) is 0 Å². The highest BCUT2D eigenvalue weighted by Gasteiger charge is 2.15. The zero-order valence-electron chi connectivity index (χ0n) is 10.6. The lowest BCUT2D eigenvalue weighted by molar-refractivity contribution is -0.118. The van der Waals surface area contributed by atoms with Crippen LogP contribution >= 0.6 is 0 Å². The smallest absolute Gasteiger partial charge is 0.131 e. The minimum atomic E-state index is 0.120. The van der Waals surface area contributed by atoms with E-state index < -0.39 is 0 Å². The Bertz CT molecular complexity index is 337. The number of hydrogen-bond acceptors (Lipinski definition) is 3. The predicted octanol–water partition coefficient (Wildman–Crippen LogP) is 1.85. The van der Waals surface area contributed by atoms with Crippen LogP contribution in [0.15, 0.2) is 30.3 Å². The SMILES string of the molecule is CC(=O)CC(C)N(CCO)Cc1ccccc1. The van der Waals surface area contributed by atoms with Crippen molar-refractivity contribution >= 4 is 5.78 Å². The monoisotopic (exact) mass is 235 g/mol. The van der Waals surface area contributed by atoms with Crippen LogP contribution in [0.5, 0.6) is 0 Å². The van der Waals surface area contributed by atoms with Gasteiger partial charge in [-0.05, 0) is 19.4 Å². The number of aliphatic hydroxyl groups excluding tert-OH is 1. The van der Waals surface area contributed by atoms with Crippen LogP contribution in [-0.2, 0) is 11.3 Å². The van der Waals surface area contributed by atoms with E-state index in [4.69, 9.17) is 5.11 Å². The van der Waals surface area contributed by atoms with Gasteiger partial charge in [0.1, 0.15) is 5.78 Å². The predicted molar refractivity (Wildman–Crippen MR) is 68.7 cm³/mol. The zero-order valence-corrected chi connectivity index (χ0v) is 10.6. The fourth-order valence-electron chi connectivity index (χ4n) is 1.95. The Morgan fingerprint density at radius 2 is 2.00 bits per heavy atom. The summed E-state index contributed by atoms with van der Waals surface area (Å²) in [5.74, 6) is 0.188. The van der Waals surface area contributed by atoms with Gasteiger partial charge >= 0.3 is 0 Å². The molecule has 0 radical (unpaired) electrons. The summed E-state index contributed by atoms with van der Waals surface area (Å²) in [6.45, 7) is 5.13. The number of Topliss-reactive ketones (excluding diaryl/α,β-unsaturated/α-hetero) is 1. The fourth-order valence-corrected chi connectivity index (χ4v) is 1.95. The lowest BCUT2D eigenvalue weighted by atomic mass is 10.1. The minimum Gasteiger partial charge on any atom is -0.395 e. The molecule has 0 bridgehead atoms. The van der Waals surface area contributed by atoms with Crippen molar-refractivity contribution in [2.45, 2.75) is 32.9 Å². The molecule has 0 saturated carbocycles. The van der Waals surface area contributed by atoms with Crippen molar-refractivity contribution in [3.05, 3.63) is 35.9 Å². The summed E-state index contributed by atoms with van der Waals surface area (Å²) in [6, 6.07) is 10.3. The third-order valence-corrected chi connectivity index (χ3v) is 2.82. The molecule has 1 rings (SSSR count). The number of nitrogens with zero attached hydrogens (tertiary/aromatic N) is 1. The number of aliphatic hydroxyl groups is 1. The summed E-state index contributed by atoms with van der Waals surface area (Å²) in [6.07, 6.45) is 0.535. The minimum absolute atomic E-state index is 0.120. The lowest BCUT2D eigenvalue weighted by Crippen LogP contribution is -2.36. The maximum Gasteiger partial charge on any atom is 0.131 e. The normalized spacial score (nSPS) is 12.7. The van der Waals surface area contributed by atoms with Gasteiger partial charge in [0.15, 0.2) is 0 Å². The summed E-state index contributed by atoms with van der Waals surface area (Å²) >= 11 is 0. The molecule has 3 nitrogen and oxygen atoms in total. The van der Waals surface area contributed by atoms with Gasteiger partial charge in [0, 0.05) is 25.6 Å². The van der Waals surface area contributed by atoms with Crippen molar-refractivity contribution in [1.29, 1.82) is 0 Å². The lowest BCUT2D eigenvalue weighted by Gasteiger charge is -2.27. The second kappa shape index (κ2) is 7.20. The van der Waals surface area contributed by atoms with Gasteiger partial charge in [-0.15, -0.1) is 0 Å². The molecular formula is C14H21NO2. The molecular weight excluding hydrogens is 214 g/mol. The Balaban J connectivity index is 2.62. The summed E-state index contributed by atoms with van der Waals surface area (Å²) < 4.78 is 0. The molecule has 1 unspecified atom stereocenters. The standard InChI is InChI=1S/C14H21NO2/c1-12(10-13(2)17)15(8-9-16)11-14-6-4-3-5-7-14/h3-7,12,16H,8-11H2,1-2H3. The van der Waals surface area contributed by atoms with Crippen LogP contribution in [-0.4, -0.2) is 35.0 Å². The molecule has 0 fully saturated rings. The highest BCUT2D eigenvalue weighted by Crippen LogP contribution is 2.10. The molecule has 3 heteroatoms. The summed E-state index contributed by atoms with van der Waals surface area (Å²) in [5.41, 5.74) is 1.20. The fraction of sp³-hybridized carbons (Fsp3) is 0.500. The first-order valence-corrected chi connectivity index (χ1v) is 6.01. The van der Waals surface area contributed by atoms with E-state index in [9.17, 15) is 4.79 Å². The van der Waals surface area contributed by atoms with Crippen molar-refractivity contribution in [2.24, 2.45) is 0 Å². The quantitative estimate of drug-likeness (QED) is 0.784. The molecule has 0 amide bonds. The summed E-state index contributed by atoms with van der Waals surface area (Å²) in [5, 5.41) is 9.07. The third-order valence-electron chi connectivity index (χ3n) is 2.82. The number of carbonyl (C=O) groups excluding carboxylic acids is 1. The van der Waals surface area contributed by atoms with Crippen LogP contribution in [0.25, 0.3) is 0 Å². The summed E-state index contributed by atoms with van der Waals surface area (Å²) in [4.78, 5) is 13.3. The van der Waals surface area contributed by atoms with E-state index in [1.165, 1.54) is 5.56 Å². The first kappa shape index (κ1) is 13.9. The molecule has 0 aliphatic carbocycles. The van der Waals surface area contributed by atoms with Crippen LogP contribution in [0, 0.1) is 0 Å². The van der Waals surface area contributed by atoms with Crippen LogP contribution in [0.4, 0.5) is 0 Å². The number of carbonyl (C=O) groups is 1. The third kappa shape index (κ3) is 5.11. The van der Waals surface area contributed by atoms with E-state index in [0.29, 0.717) is 13.0 Å². The van der Waals surface area contributed by atoms with Crippen molar-refractivity contribution in [3.8, 4) is 0 Å². The molecule has 1 N–H and O–H groups in total. The van der Waals surface area contributed by atoms with Crippen molar-refractivity contribution in [2.75, 3.05) is 13.2 Å². The Labute approximate surface area is 103 Å². The Hall–Kier alpha value is -1.19. The molecule has 1 aromatic carbocycles. The van der Waals surface area contributed by atoms with E-state index in [1.54, 1.807) is 6.92 Å². The molecule has 1 atom stereocenters. The van der Waals surface area contributed by atoms with Crippen LogP contribution in [0.1, 0.15) is 25.8 Å². The second-order valence-electron chi connectivity index (χ2n) is 4.43. The molecule has 0 spiro atoms. The van der Waals surface area contributed by atoms with Crippen LogP contribution in [0.3, 0.4) is 0 Å². The maximum atomic E-state index is 11.1. The number of hydrogen-bond donors (Lipinski definition) is 1. The zero-order chi connectivity index (χ0) is 12.7. The van der Waals surface area contributed by atoms with E-state index in [1.807, 2.05) is 25.1 Å². The van der Waals surface area contributed by atoms with Crippen molar-refractivity contribution < 1.29 is 9.90 Å². The van der Waals surface area contributed by atoms with Crippen molar-refractivity contribution in [1.82, 2.24) is 4.90 Å². The van der Waals surface area contributed by atoms with Gasteiger partial charge in [0.05, 0.1) is 6.61 Å². The Morgan fingerprint density at radius 1 is 1.35 bits per heavy atom. The maximum absolute atomic E-state index is 11.1. The molecule has 17 heavy (non-hydrogen) atoms. The van der Waals surface area contributed by atoms with Gasteiger partial charge in [0.2, 0.25) is 0 Å². The highest BCUT2D eigenvalue weighted by atomic mass is 16.3. The largest absolute Gasteiger partial charge is 0.395 e. The van der Waals surface area contributed by atoms with Gasteiger partial charge in [-0.1, -0.05) is 30.3 Å². The average Bonchev–Trinajstić information content (AvgIpc) is 2.29. The summed E-state index contributed by atoms with van der Waals surface area (Å²) in [7, 11) is 0.